The van der Waals surface area contributed by atoms with Crippen molar-refractivity contribution in [1.82, 2.24) is 9.88 Å². The Morgan fingerprint density at radius 1 is 1.16 bits per heavy atom. The zero-order chi connectivity index (χ0) is 17.4. The summed E-state index contributed by atoms with van der Waals surface area (Å²) in [5.41, 5.74) is 4.35. The molecule has 5 heteroatoms. The molecular formula is C20H20N2O3. The van der Waals surface area contributed by atoms with Crippen LogP contribution in [0.5, 0.6) is 11.5 Å². The molecular weight excluding hydrogens is 316 g/mol. The standard InChI is InChI=1S/C20H20N2O3/c1-13-16(15-5-3-4-6-17(15)22(13)2)10-20(23)21-11-14-7-8-18-19(9-14)25-12-24-18/h3-9H,10-12H2,1-2H3,(H,21,23). The van der Waals surface area contributed by atoms with Gasteiger partial charge in [0.05, 0.1) is 6.42 Å². The second kappa shape index (κ2) is 6.16. The average molecular weight is 336 g/mol. The van der Waals surface area contributed by atoms with E-state index >= 15 is 0 Å². The number of carbonyl (C=O) groups is 1. The number of fused-ring (bicyclic) bond motifs is 2. The van der Waals surface area contributed by atoms with E-state index in [0.717, 1.165) is 39.2 Å². The maximum atomic E-state index is 12.4. The van der Waals surface area contributed by atoms with Crippen LogP contribution in [0.3, 0.4) is 0 Å². The van der Waals surface area contributed by atoms with Crippen LogP contribution < -0.4 is 14.8 Å². The van der Waals surface area contributed by atoms with Gasteiger partial charge in [-0.1, -0.05) is 24.3 Å². The van der Waals surface area contributed by atoms with E-state index in [1.165, 1.54) is 0 Å². The zero-order valence-electron chi connectivity index (χ0n) is 14.3. The molecule has 0 bridgehead atoms. The number of aryl methyl sites for hydroxylation is 1. The summed E-state index contributed by atoms with van der Waals surface area (Å²) in [7, 11) is 2.03. The van der Waals surface area contributed by atoms with Crippen molar-refractivity contribution >= 4 is 16.8 Å². The van der Waals surface area contributed by atoms with Gasteiger partial charge in [-0.05, 0) is 36.2 Å². The lowest BCUT2D eigenvalue weighted by molar-refractivity contribution is -0.120. The first-order chi connectivity index (χ1) is 12.1. The number of benzene rings is 2. The summed E-state index contributed by atoms with van der Waals surface area (Å²) in [5.74, 6) is 1.50. The molecule has 5 nitrogen and oxygen atoms in total. The lowest BCUT2D eigenvalue weighted by Gasteiger charge is -2.07. The highest BCUT2D eigenvalue weighted by Gasteiger charge is 2.16. The van der Waals surface area contributed by atoms with E-state index in [9.17, 15) is 4.79 Å². The molecule has 1 amide bonds. The number of rotatable bonds is 4. The molecule has 0 saturated carbocycles. The second-order valence-electron chi connectivity index (χ2n) is 6.28. The molecule has 0 atom stereocenters. The quantitative estimate of drug-likeness (QED) is 0.797. The molecule has 1 aromatic heterocycles. The van der Waals surface area contributed by atoms with Crippen LogP contribution in [0.25, 0.3) is 10.9 Å². The lowest BCUT2D eigenvalue weighted by Crippen LogP contribution is -2.24. The molecule has 25 heavy (non-hydrogen) atoms. The first-order valence-electron chi connectivity index (χ1n) is 8.31. The molecule has 128 valence electrons. The van der Waals surface area contributed by atoms with Crippen molar-refractivity contribution in [2.75, 3.05) is 6.79 Å². The number of nitrogens with one attached hydrogen (secondary N) is 1. The van der Waals surface area contributed by atoms with Crippen LogP contribution in [0.4, 0.5) is 0 Å². The van der Waals surface area contributed by atoms with Crippen LogP contribution in [-0.4, -0.2) is 17.3 Å². The highest BCUT2D eigenvalue weighted by atomic mass is 16.7. The minimum Gasteiger partial charge on any atom is -0.454 e. The van der Waals surface area contributed by atoms with Gasteiger partial charge >= 0.3 is 0 Å². The molecule has 0 spiro atoms. The number of nitrogens with zero attached hydrogens (tertiary/aromatic N) is 1. The summed E-state index contributed by atoms with van der Waals surface area (Å²) in [4.78, 5) is 12.4. The molecule has 1 aliphatic rings. The Morgan fingerprint density at radius 3 is 2.84 bits per heavy atom. The van der Waals surface area contributed by atoms with Crippen molar-refractivity contribution in [1.29, 1.82) is 0 Å². The van der Waals surface area contributed by atoms with Gasteiger partial charge in [0.25, 0.3) is 0 Å². The molecule has 2 heterocycles. The minimum absolute atomic E-state index is 0.0112. The third kappa shape index (κ3) is 2.82. The van der Waals surface area contributed by atoms with Crippen molar-refractivity contribution in [2.45, 2.75) is 19.9 Å². The average Bonchev–Trinajstić information content (AvgIpc) is 3.19. The summed E-state index contributed by atoms with van der Waals surface area (Å²) in [6, 6.07) is 13.9. The molecule has 0 aliphatic carbocycles. The van der Waals surface area contributed by atoms with Crippen LogP contribution >= 0.6 is 0 Å². The van der Waals surface area contributed by atoms with Gasteiger partial charge in [0.2, 0.25) is 12.7 Å². The largest absolute Gasteiger partial charge is 0.454 e. The van der Waals surface area contributed by atoms with E-state index in [0.29, 0.717) is 13.0 Å². The van der Waals surface area contributed by atoms with Gasteiger partial charge in [-0.3, -0.25) is 4.79 Å². The number of para-hydroxylation sites is 1. The number of amides is 1. The highest BCUT2D eigenvalue weighted by molar-refractivity contribution is 5.90. The predicted molar refractivity (Wildman–Crippen MR) is 95.8 cm³/mol. The number of hydrogen-bond donors (Lipinski definition) is 1. The second-order valence-corrected chi connectivity index (χ2v) is 6.28. The maximum absolute atomic E-state index is 12.4. The number of carbonyl (C=O) groups excluding carboxylic acids is 1. The topological polar surface area (TPSA) is 52.5 Å². The zero-order valence-corrected chi connectivity index (χ0v) is 14.3. The van der Waals surface area contributed by atoms with Gasteiger partial charge in [-0.2, -0.15) is 0 Å². The van der Waals surface area contributed by atoms with Crippen LogP contribution in [0.15, 0.2) is 42.5 Å². The summed E-state index contributed by atoms with van der Waals surface area (Å²) < 4.78 is 12.8. The summed E-state index contributed by atoms with van der Waals surface area (Å²) in [6.45, 7) is 2.78. The molecule has 0 radical (unpaired) electrons. The Kier molecular flexibility index (Phi) is 3.84. The SMILES string of the molecule is Cc1c(CC(=O)NCc2ccc3c(c2)OCO3)c2ccccc2n1C. The summed E-state index contributed by atoms with van der Waals surface area (Å²) in [6.07, 6.45) is 0.373. The Balaban J connectivity index is 1.47. The van der Waals surface area contributed by atoms with Gasteiger partial charge < -0.3 is 19.4 Å². The van der Waals surface area contributed by atoms with Crippen molar-refractivity contribution in [3.05, 3.63) is 59.3 Å². The van der Waals surface area contributed by atoms with E-state index in [2.05, 4.69) is 28.9 Å². The molecule has 4 rings (SSSR count). The summed E-state index contributed by atoms with van der Waals surface area (Å²) >= 11 is 0. The van der Waals surface area contributed by atoms with Gasteiger partial charge in [0, 0.05) is 30.2 Å². The smallest absolute Gasteiger partial charge is 0.231 e. The third-order valence-electron chi connectivity index (χ3n) is 4.79. The van der Waals surface area contributed by atoms with E-state index in [1.807, 2.05) is 37.4 Å². The molecule has 1 N–H and O–H groups in total. The predicted octanol–water partition coefficient (Wildman–Crippen LogP) is 3.07. The highest BCUT2D eigenvalue weighted by Crippen LogP contribution is 2.32. The van der Waals surface area contributed by atoms with E-state index < -0.39 is 0 Å². The van der Waals surface area contributed by atoms with Crippen LogP contribution in [0, 0.1) is 6.92 Å². The normalized spacial score (nSPS) is 12.6. The van der Waals surface area contributed by atoms with Gasteiger partial charge in [-0.25, -0.2) is 0 Å². The van der Waals surface area contributed by atoms with E-state index in [-0.39, 0.29) is 12.7 Å². The monoisotopic (exact) mass is 336 g/mol. The van der Waals surface area contributed by atoms with Gasteiger partial charge in [0.15, 0.2) is 11.5 Å². The number of ether oxygens (including phenoxy) is 2. The fourth-order valence-electron chi connectivity index (χ4n) is 3.30. The van der Waals surface area contributed by atoms with E-state index in [1.54, 1.807) is 0 Å². The first kappa shape index (κ1) is 15.6. The Bertz CT molecular complexity index is 959. The van der Waals surface area contributed by atoms with Gasteiger partial charge in [-0.15, -0.1) is 0 Å². The molecule has 0 saturated heterocycles. The van der Waals surface area contributed by atoms with Crippen molar-refractivity contribution in [3.8, 4) is 11.5 Å². The molecule has 1 aliphatic heterocycles. The van der Waals surface area contributed by atoms with E-state index in [4.69, 9.17) is 9.47 Å². The fourth-order valence-corrected chi connectivity index (χ4v) is 3.30. The van der Waals surface area contributed by atoms with Crippen LogP contribution in [-0.2, 0) is 24.8 Å². The lowest BCUT2D eigenvalue weighted by atomic mass is 10.1. The third-order valence-corrected chi connectivity index (χ3v) is 4.79. The first-order valence-corrected chi connectivity index (χ1v) is 8.31. The molecule has 0 fully saturated rings. The van der Waals surface area contributed by atoms with Gasteiger partial charge in [0.1, 0.15) is 0 Å². The van der Waals surface area contributed by atoms with Crippen molar-refractivity contribution < 1.29 is 14.3 Å². The Labute approximate surface area is 146 Å². The summed E-state index contributed by atoms with van der Waals surface area (Å²) in [5, 5.41) is 4.13. The number of hydrogen-bond acceptors (Lipinski definition) is 3. The Morgan fingerprint density at radius 2 is 1.96 bits per heavy atom. The fraction of sp³-hybridized carbons (Fsp3) is 0.250. The molecule has 2 aromatic carbocycles. The number of aromatic nitrogens is 1. The minimum atomic E-state index is 0.0112. The van der Waals surface area contributed by atoms with Crippen molar-refractivity contribution in [2.24, 2.45) is 7.05 Å². The Hall–Kier alpha value is -2.95. The van der Waals surface area contributed by atoms with Crippen LogP contribution in [0.1, 0.15) is 16.8 Å². The van der Waals surface area contributed by atoms with Crippen LogP contribution in [0.2, 0.25) is 0 Å². The maximum Gasteiger partial charge on any atom is 0.231 e. The molecule has 3 aromatic rings. The van der Waals surface area contributed by atoms with Crippen molar-refractivity contribution in [3.63, 3.8) is 0 Å². The molecule has 0 unspecified atom stereocenters.